The lowest BCUT2D eigenvalue weighted by Crippen LogP contribution is -2.41. The van der Waals surface area contributed by atoms with Crippen LogP contribution < -0.4 is 0 Å². The third kappa shape index (κ3) is 3.55. The number of likely N-dealkylation sites (N-methyl/N-ethyl adjacent to an activating group) is 1. The van der Waals surface area contributed by atoms with Crippen molar-refractivity contribution in [3.63, 3.8) is 0 Å². The minimum atomic E-state index is -0.425. The Morgan fingerprint density at radius 1 is 1.00 bits per heavy atom. The number of aliphatic hydroxyl groups is 1. The summed E-state index contributed by atoms with van der Waals surface area (Å²) in [6.45, 7) is 0.128. The van der Waals surface area contributed by atoms with Gasteiger partial charge in [0.1, 0.15) is 6.61 Å². The number of aromatic amines is 1. The first-order valence-corrected chi connectivity index (χ1v) is 10.9. The van der Waals surface area contributed by atoms with Crippen molar-refractivity contribution in [1.82, 2.24) is 9.88 Å². The van der Waals surface area contributed by atoms with Crippen molar-refractivity contribution in [3.05, 3.63) is 95.7 Å². The second kappa shape index (κ2) is 8.52. The number of hydrogen-bond donors (Lipinski definition) is 2. The molecule has 0 fully saturated rings. The van der Waals surface area contributed by atoms with Gasteiger partial charge in [0.15, 0.2) is 0 Å². The quantitative estimate of drug-likeness (QED) is 0.458. The van der Waals surface area contributed by atoms with Gasteiger partial charge in [0.25, 0.3) is 0 Å². The number of nitrogens with one attached hydrogen (secondary N) is 1. The van der Waals surface area contributed by atoms with Crippen LogP contribution in [-0.2, 0) is 11.2 Å². The lowest BCUT2D eigenvalue weighted by molar-refractivity contribution is 0.0791. The predicted molar refractivity (Wildman–Crippen MR) is 126 cm³/mol. The molecule has 4 aromatic rings. The van der Waals surface area contributed by atoms with Crippen LogP contribution in [0, 0.1) is 0 Å². The number of ether oxygens (including phenoxy) is 1. The summed E-state index contributed by atoms with van der Waals surface area (Å²) < 4.78 is 5.76. The number of amides is 1. The van der Waals surface area contributed by atoms with E-state index in [4.69, 9.17) is 4.74 Å². The largest absolute Gasteiger partial charge is 0.448 e. The summed E-state index contributed by atoms with van der Waals surface area (Å²) in [6.07, 6.45) is 2.06. The molecule has 0 saturated heterocycles. The van der Waals surface area contributed by atoms with E-state index in [0.717, 1.165) is 16.5 Å². The first-order chi connectivity index (χ1) is 15.7. The minimum Gasteiger partial charge on any atom is -0.448 e. The van der Waals surface area contributed by atoms with Gasteiger partial charge < -0.3 is 19.7 Å². The second-order valence-electron chi connectivity index (χ2n) is 8.31. The number of carbonyl (C=O) groups excluding carboxylic acids is 1. The topological polar surface area (TPSA) is 65.6 Å². The van der Waals surface area contributed by atoms with Gasteiger partial charge in [0.2, 0.25) is 0 Å². The highest BCUT2D eigenvalue weighted by Gasteiger charge is 2.30. The van der Waals surface area contributed by atoms with Crippen molar-refractivity contribution in [3.8, 4) is 11.1 Å². The first kappa shape index (κ1) is 20.3. The number of aromatic nitrogens is 1. The highest BCUT2D eigenvalue weighted by molar-refractivity contribution is 5.83. The van der Waals surface area contributed by atoms with Crippen LogP contribution in [0.1, 0.15) is 22.6 Å². The molecule has 5 nitrogen and oxygen atoms in total. The van der Waals surface area contributed by atoms with Crippen LogP contribution in [0.4, 0.5) is 4.79 Å². The summed E-state index contributed by atoms with van der Waals surface area (Å²) in [5, 5.41) is 11.1. The zero-order valence-corrected chi connectivity index (χ0v) is 18.0. The molecule has 1 unspecified atom stereocenters. The maximum Gasteiger partial charge on any atom is 0.409 e. The second-order valence-corrected chi connectivity index (χ2v) is 8.31. The number of fused-ring (bicyclic) bond motifs is 4. The zero-order valence-electron chi connectivity index (χ0n) is 18.0. The molecule has 0 saturated carbocycles. The Balaban J connectivity index is 1.29. The fourth-order valence-electron chi connectivity index (χ4n) is 4.72. The molecule has 1 aromatic heterocycles. The lowest BCUT2D eigenvalue weighted by atomic mass is 9.98. The van der Waals surface area contributed by atoms with Gasteiger partial charge in [-0.05, 0) is 40.3 Å². The van der Waals surface area contributed by atoms with E-state index < -0.39 is 6.09 Å². The molecule has 1 aliphatic rings. The number of nitrogens with zero attached hydrogens (tertiary/aromatic N) is 1. The van der Waals surface area contributed by atoms with Crippen molar-refractivity contribution in [2.45, 2.75) is 18.4 Å². The van der Waals surface area contributed by atoms with Crippen molar-refractivity contribution in [1.29, 1.82) is 0 Å². The predicted octanol–water partition coefficient (Wildman–Crippen LogP) is 4.95. The van der Waals surface area contributed by atoms with Crippen molar-refractivity contribution in [2.24, 2.45) is 0 Å². The summed E-state index contributed by atoms with van der Waals surface area (Å²) >= 11 is 0. The van der Waals surface area contributed by atoms with E-state index in [1.54, 1.807) is 7.05 Å². The highest BCUT2D eigenvalue weighted by atomic mass is 16.6. The van der Waals surface area contributed by atoms with E-state index in [2.05, 4.69) is 29.2 Å². The highest BCUT2D eigenvalue weighted by Crippen LogP contribution is 2.44. The SMILES string of the molecule is CN(C(=O)OCC1c2ccccc2-c2ccccc21)C(CO)Cc1c[nH]c2ccccc12. The number of hydrogen-bond acceptors (Lipinski definition) is 3. The Labute approximate surface area is 187 Å². The normalized spacial score (nSPS) is 13.6. The van der Waals surface area contributed by atoms with E-state index in [0.29, 0.717) is 6.42 Å². The van der Waals surface area contributed by atoms with Crippen LogP contribution in [0.5, 0.6) is 0 Å². The summed E-state index contributed by atoms with van der Waals surface area (Å²) in [7, 11) is 1.69. The Bertz CT molecular complexity index is 1220. The van der Waals surface area contributed by atoms with Crippen molar-refractivity contribution >= 4 is 17.0 Å². The molecule has 32 heavy (non-hydrogen) atoms. The molecule has 1 aliphatic carbocycles. The van der Waals surface area contributed by atoms with E-state index >= 15 is 0 Å². The molecule has 5 heteroatoms. The summed E-state index contributed by atoms with van der Waals surface area (Å²) in [5.74, 6) is 0.0148. The Kier molecular flexibility index (Phi) is 5.41. The van der Waals surface area contributed by atoms with Gasteiger partial charge in [-0.3, -0.25) is 0 Å². The molecular formula is C27H26N2O3. The molecule has 3 aromatic carbocycles. The molecule has 5 rings (SSSR count). The molecule has 0 bridgehead atoms. The molecule has 1 amide bonds. The van der Waals surface area contributed by atoms with Crippen LogP contribution >= 0.6 is 0 Å². The molecule has 2 N–H and O–H groups in total. The van der Waals surface area contributed by atoms with Gasteiger partial charge >= 0.3 is 6.09 Å². The third-order valence-corrected chi connectivity index (χ3v) is 6.51. The van der Waals surface area contributed by atoms with Crippen LogP contribution in [0.2, 0.25) is 0 Å². The van der Waals surface area contributed by atoms with Crippen molar-refractivity contribution < 1.29 is 14.6 Å². The summed E-state index contributed by atoms with van der Waals surface area (Å²) in [6, 6.07) is 24.2. The Morgan fingerprint density at radius 3 is 2.31 bits per heavy atom. The number of benzene rings is 3. The standard InChI is InChI=1S/C27H26N2O3/c1-29(19(16-30)14-18-15-28-26-13-7-6-8-20(18)26)27(31)32-17-25-23-11-4-2-9-21(23)22-10-3-5-12-24(22)25/h2-13,15,19,25,28,30H,14,16-17H2,1H3. The molecule has 1 heterocycles. The van der Waals surface area contributed by atoms with Gasteiger partial charge in [0.05, 0.1) is 12.6 Å². The van der Waals surface area contributed by atoms with Crippen molar-refractivity contribution in [2.75, 3.05) is 20.3 Å². The van der Waals surface area contributed by atoms with Gasteiger partial charge in [0, 0.05) is 30.1 Å². The Hall–Kier alpha value is -3.57. The van der Waals surface area contributed by atoms with Gasteiger partial charge in [-0.2, -0.15) is 0 Å². The lowest BCUT2D eigenvalue weighted by Gasteiger charge is -2.26. The van der Waals surface area contributed by atoms with E-state index in [1.807, 2.05) is 54.7 Å². The summed E-state index contributed by atoms with van der Waals surface area (Å²) in [4.78, 5) is 17.7. The number of aliphatic hydroxyl groups excluding tert-OH is 1. The monoisotopic (exact) mass is 426 g/mol. The van der Waals surface area contributed by atoms with Gasteiger partial charge in [-0.25, -0.2) is 4.79 Å². The number of rotatable bonds is 6. The Morgan fingerprint density at radius 2 is 1.62 bits per heavy atom. The molecule has 0 aliphatic heterocycles. The van der Waals surface area contributed by atoms with E-state index in [-0.39, 0.29) is 25.2 Å². The van der Waals surface area contributed by atoms with Crippen LogP contribution in [0.3, 0.4) is 0 Å². The fraction of sp³-hybridized carbons (Fsp3) is 0.222. The smallest absolute Gasteiger partial charge is 0.409 e. The average Bonchev–Trinajstić information content (AvgIpc) is 3.39. The molecule has 0 radical (unpaired) electrons. The number of para-hydroxylation sites is 1. The molecule has 162 valence electrons. The van der Waals surface area contributed by atoms with Gasteiger partial charge in [-0.1, -0.05) is 66.7 Å². The molecule has 1 atom stereocenters. The van der Waals surface area contributed by atoms with E-state index in [1.165, 1.54) is 27.2 Å². The average molecular weight is 427 g/mol. The van der Waals surface area contributed by atoms with E-state index in [9.17, 15) is 9.90 Å². The van der Waals surface area contributed by atoms with Gasteiger partial charge in [-0.15, -0.1) is 0 Å². The number of H-pyrrole nitrogens is 1. The maximum atomic E-state index is 12.9. The fourth-order valence-corrected chi connectivity index (χ4v) is 4.72. The molecule has 0 spiro atoms. The maximum absolute atomic E-state index is 12.9. The zero-order chi connectivity index (χ0) is 22.1. The molecular weight excluding hydrogens is 400 g/mol. The summed E-state index contributed by atoms with van der Waals surface area (Å²) in [5.41, 5.74) is 6.87. The third-order valence-electron chi connectivity index (χ3n) is 6.51. The van der Waals surface area contributed by atoms with Crippen LogP contribution in [0.15, 0.2) is 79.0 Å². The first-order valence-electron chi connectivity index (χ1n) is 10.9. The van der Waals surface area contributed by atoms with Crippen LogP contribution in [-0.4, -0.2) is 47.4 Å². The van der Waals surface area contributed by atoms with Crippen LogP contribution in [0.25, 0.3) is 22.0 Å². The number of carbonyl (C=O) groups is 1. The minimum absolute atomic E-state index is 0.0148.